The van der Waals surface area contributed by atoms with Gasteiger partial charge in [-0.1, -0.05) is 35.3 Å². The summed E-state index contributed by atoms with van der Waals surface area (Å²) in [5.41, 5.74) is 0.146. The number of rotatable bonds is 3. The Bertz CT molecular complexity index is 777. The number of nitriles is 1. The van der Waals surface area contributed by atoms with Crippen LogP contribution in [-0.2, 0) is 4.79 Å². The van der Waals surface area contributed by atoms with Gasteiger partial charge in [0.25, 0.3) is 5.91 Å². The van der Waals surface area contributed by atoms with E-state index in [0.717, 1.165) is 6.08 Å². The van der Waals surface area contributed by atoms with E-state index >= 15 is 0 Å². The van der Waals surface area contributed by atoms with Crippen molar-refractivity contribution in [1.29, 1.82) is 5.26 Å². The Morgan fingerprint density at radius 3 is 2.59 bits per heavy atom. The van der Waals surface area contributed by atoms with Crippen molar-refractivity contribution in [1.82, 2.24) is 0 Å². The number of carbonyl (C=O) groups is 1. The first-order chi connectivity index (χ1) is 10.5. The van der Waals surface area contributed by atoms with E-state index in [9.17, 15) is 9.18 Å². The van der Waals surface area contributed by atoms with Crippen LogP contribution >= 0.6 is 23.2 Å². The lowest BCUT2D eigenvalue weighted by Crippen LogP contribution is -2.13. The maximum Gasteiger partial charge on any atom is 0.266 e. The van der Waals surface area contributed by atoms with E-state index < -0.39 is 11.7 Å². The number of nitrogens with one attached hydrogen (secondary N) is 1. The lowest BCUT2D eigenvalue weighted by Gasteiger charge is -2.05. The highest BCUT2D eigenvalue weighted by Gasteiger charge is 2.12. The first kappa shape index (κ1) is 16.0. The summed E-state index contributed by atoms with van der Waals surface area (Å²) >= 11 is 11.7. The fraction of sp³-hybridized carbons (Fsp3) is 0. The van der Waals surface area contributed by atoms with Gasteiger partial charge in [-0.3, -0.25) is 4.79 Å². The predicted molar refractivity (Wildman–Crippen MR) is 85.1 cm³/mol. The second kappa shape index (κ2) is 7.08. The lowest BCUT2D eigenvalue weighted by molar-refractivity contribution is -0.112. The van der Waals surface area contributed by atoms with Crippen molar-refractivity contribution < 1.29 is 9.18 Å². The fourth-order valence-electron chi connectivity index (χ4n) is 1.71. The molecule has 0 aliphatic rings. The second-order valence-corrected chi connectivity index (χ2v) is 5.11. The van der Waals surface area contributed by atoms with Crippen LogP contribution in [0.1, 0.15) is 5.56 Å². The van der Waals surface area contributed by atoms with Gasteiger partial charge in [-0.2, -0.15) is 5.26 Å². The zero-order valence-corrected chi connectivity index (χ0v) is 12.6. The molecule has 0 bridgehead atoms. The van der Waals surface area contributed by atoms with Gasteiger partial charge in [-0.05, 0) is 36.4 Å². The van der Waals surface area contributed by atoms with Crippen molar-refractivity contribution in [3.8, 4) is 6.07 Å². The molecule has 0 aromatic heterocycles. The molecular formula is C16H9Cl2FN2O. The van der Waals surface area contributed by atoms with Crippen molar-refractivity contribution >= 4 is 40.9 Å². The Morgan fingerprint density at radius 1 is 1.23 bits per heavy atom. The molecule has 0 saturated heterocycles. The molecule has 1 amide bonds. The number of halogens is 3. The Hall–Kier alpha value is -2.35. The Balaban J connectivity index is 2.30. The third kappa shape index (κ3) is 3.85. The summed E-state index contributed by atoms with van der Waals surface area (Å²) in [5.74, 6) is -1.29. The number of hydrogen-bond acceptors (Lipinski definition) is 2. The van der Waals surface area contributed by atoms with Crippen LogP contribution in [0.3, 0.4) is 0 Å². The minimum Gasteiger partial charge on any atom is -0.321 e. The molecule has 2 rings (SSSR count). The van der Waals surface area contributed by atoms with Crippen LogP contribution in [0.4, 0.5) is 10.1 Å². The van der Waals surface area contributed by atoms with Crippen LogP contribution in [0.2, 0.25) is 10.0 Å². The molecule has 0 heterocycles. The molecule has 0 fully saturated rings. The molecule has 6 heteroatoms. The first-order valence-electron chi connectivity index (χ1n) is 6.14. The molecule has 0 aliphatic carbocycles. The Labute approximate surface area is 136 Å². The third-order valence-electron chi connectivity index (χ3n) is 2.74. The van der Waals surface area contributed by atoms with Gasteiger partial charge in [0.05, 0.1) is 5.02 Å². The molecule has 2 aromatic carbocycles. The molecule has 110 valence electrons. The molecule has 22 heavy (non-hydrogen) atoms. The number of benzene rings is 2. The molecule has 0 spiro atoms. The topological polar surface area (TPSA) is 52.9 Å². The highest BCUT2D eigenvalue weighted by Crippen LogP contribution is 2.22. The SMILES string of the molecule is N#C/C(=C\c1c(F)cccc1Cl)C(=O)Nc1cccc(Cl)c1. The van der Waals surface area contributed by atoms with Crippen molar-refractivity contribution in [3.63, 3.8) is 0 Å². The van der Waals surface area contributed by atoms with Crippen LogP contribution < -0.4 is 5.32 Å². The van der Waals surface area contributed by atoms with E-state index in [1.165, 1.54) is 24.3 Å². The largest absolute Gasteiger partial charge is 0.321 e. The number of amides is 1. The van der Waals surface area contributed by atoms with Crippen LogP contribution in [-0.4, -0.2) is 5.91 Å². The monoisotopic (exact) mass is 334 g/mol. The molecule has 0 unspecified atom stereocenters. The highest BCUT2D eigenvalue weighted by atomic mass is 35.5. The van der Waals surface area contributed by atoms with Gasteiger partial charge in [-0.15, -0.1) is 0 Å². The zero-order valence-electron chi connectivity index (χ0n) is 11.1. The molecule has 0 aliphatic heterocycles. The number of carbonyl (C=O) groups excluding carboxylic acids is 1. The summed E-state index contributed by atoms with van der Waals surface area (Å²) in [6.45, 7) is 0. The minimum absolute atomic E-state index is 0.0121. The van der Waals surface area contributed by atoms with Gasteiger partial charge in [0.2, 0.25) is 0 Å². The van der Waals surface area contributed by atoms with Crippen molar-refractivity contribution in [2.24, 2.45) is 0 Å². The summed E-state index contributed by atoms with van der Waals surface area (Å²) in [4.78, 5) is 12.1. The van der Waals surface area contributed by atoms with E-state index in [-0.39, 0.29) is 16.2 Å². The van der Waals surface area contributed by atoms with Gasteiger partial charge in [-0.25, -0.2) is 4.39 Å². The van der Waals surface area contributed by atoms with Gasteiger partial charge < -0.3 is 5.32 Å². The maximum absolute atomic E-state index is 13.7. The van der Waals surface area contributed by atoms with Crippen LogP contribution in [0.25, 0.3) is 6.08 Å². The smallest absolute Gasteiger partial charge is 0.266 e. The Morgan fingerprint density at radius 2 is 1.95 bits per heavy atom. The number of anilines is 1. The summed E-state index contributed by atoms with van der Waals surface area (Å²) in [6, 6.07) is 12.3. The van der Waals surface area contributed by atoms with Crippen molar-refractivity contribution in [3.05, 3.63) is 69.5 Å². The number of nitrogens with zero attached hydrogens (tertiary/aromatic N) is 1. The molecule has 0 atom stereocenters. The summed E-state index contributed by atoms with van der Waals surface area (Å²) < 4.78 is 13.7. The third-order valence-corrected chi connectivity index (χ3v) is 3.30. The number of hydrogen-bond donors (Lipinski definition) is 1. The molecule has 1 N–H and O–H groups in total. The molecule has 2 aromatic rings. The highest BCUT2D eigenvalue weighted by molar-refractivity contribution is 6.32. The first-order valence-corrected chi connectivity index (χ1v) is 6.89. The van der Waals surface area contributed by atoms with Gasteiger partial charge in [0, 0.05) is 16.3 Å². The molecular weight excluding hydrogens is 326 g/mol. The van der Waals surface area contributed by atoms with Gasteiger partial charge in [0.15, 0.2) is 0 Å². The van der Waals surface area contributed by atoms with Gasteiger partial charge >= 0.3 is 0 Å². The average molecular weight is 335 g/mol. The van der Waals surface area contributed by atoms with E-state index in [4.69, 9.17) is 28.5 Å². The summed E-state index contributed by atoms with van der Waals surface area (Å²) in [6.07, 6.45) is 1.11. The standard InChI is InChI=1S/C16H9Cl2FN2O/c17-11-3-1-4-12(8-11)21-16(22)10(9-20)7-13-14(18)5-2-6-15(13)19/h1-8H,(H,21,22)/b10-7+. The Kier molecular flexibility index (Phi) is 5.16. The lowest BCUT2D eigenvalue weighted by atomic mass is 10.1. The minimum atomic E-state index is -0.677. The maximum atomic E-state index is 13.7. The fourth-order valence-corrected chi connectivity index (χ4v) is 2.11. The quantitative estimate of drug-likeness (QED) is 0.654. The zero-order chi connectivity index (χ0) is 16.1. The van der Waals surface area contributed by atoms with E-state index in [1.54, 1.807) is 24.3 Å². The van der Waals surface area contributed by atoms with Crippen LogP contribution in [0.15, 0.2) is 48.0 Å². The van der Waals surface area contributed by atoms with E-state index in [1.807, 2.05) is 0 Å². The summed E-state index contributed by atoms with van der Waals surface area (Å²) in [7, 11) is 0. The molecule has 0 saturated carbocycles. The van der Waals surface area contributed by atoms with E-state index in [0.29, 0.717) is 10.7 Å². The van der Waals surface area contributed by atoms with Crippen molar-refractivity contribution in [2.75, 3.05) is 5.32 Å². The van der Waals surface area contributed by atoms with Gasteiger partial charge in [0.1, 0.15) is 17.5 Å². The normalized spacial score (nSPS) is 10.9. The predicted octanol–water partition coefficient (Wildman–Crippen LogP) is 4.68. The van der Waals surface area contributed by atoms with Crippen LogP contribution in [0, 0.1) is 17.1 Å². The second-order valence-electron chi connectivity index (χ2n) is 4.27. The van der Waals surface area contributed by atoms with Crippen LogP contribution in [0.5, 0.6) is 0 Å². The molecule has 3 nitrogen and oxygen atoms in total. The summed E-state index contributed by atoms with van der Waals surface area (Å²) in [5, 5.41) is 12.2. The van der Waals surface area contributed by atoms with Crippen molar-refractivity contribution in [2.45, 2.75) is 0 Å². The average Bonchev–Trinajstić information content (AvgIpc) is 2.47. The van der Waals surface area contributed by atoms with E-state index in [2.05, 4.69) is 5.32 Å². The molecule has 0 radical (unpaired) electrons.